The van der Waals surface area contributed by atoms with Crippen LogP contribution in [0.4, 0.5) is 0 Å². The third kappa shape index (κ3) is 4.46. The smallest absolute Gasteiger partial charge is 0.303 e. The van der Waals surface area contributed by atoms with Crippen molar-refractivity contribution in [3.63, 3.8) is 0 Å². The van der Waals surface area contributed by atoms with Gasteiger partial charge in [-0.2, -0.15) is 5.10 Å². The number of aryl methyl sites for hydroxylation is 2. The van der Waals surface area contributed by atoms with Crippen molar-refractivity contribution in [2.45, 2.75) is 37.6 Å². The van der Waals surface area contributed by atoms with Gasteiger partial charge < -0.3 is 5.11 Å². The van der Waals surface area contributed by atoms with Crippen LogP contribution in [-0.2, 0) is 21.4 Å². The number of carboxylic acid groups (broad SMARTS) is 1. The molecule has 0 aliphatic heterocycles. The van der Waals surface area contributed by atoms with Gasteiger partial charge in [-0.05, 0) is 53.9 Å². The van der Waals surface area contributed by atoms with Crippen LogP contribution in [0.25, 0.3) is 22.2 Å². The van der Waals surface area contributed by atoms with Gasteiger partial charge in [0, 0.05) is 52.5 Å². The lowest BCUT2D eigenvalue weighted by molar-refractivity contribution is -0.137. The maximum atomic E-state index is 13.4. The van der Waals surface area contributed by atoms with E-state index in [-0.39, 0.29) is 11.3 Å². The summed E-state index contributed by atoms with van der Waals surface area (Å²) >= 11 is 3.42. The second-order valence-corrected chi connectivity index (χ2v) is 10.3. The molecule has 0 bridgehead atoms. The minimum Gasteiger partial charge on any atom is -0.481 e. The normalized spacial score (nSPS) is 11.8. The summed E-state index contributed by atoms with van der Waals surface area (Å²) in [6, 6.07) is 8.53. The number of halogens is 1. The molecule has 4 aromatic rings. The molecule has 0 saturated heterocycles. The molecular weight excluding hydrogens is 496 g/mol. The highest BCUT2D eigenvalue weighted by atomic mass is 79.9. The predicted molar refractivity (Wildman–Crippen MR) is 124 cm³/mol. The van der Waals surface area contributed by atoms with E-state index in [0.717, 1.165) is 15.6 Å². The highest BCUT2D eigenvalue weighted by Crippen LogP contribution is 2.33. The second kappa shape index (κ2) is 8.87. The Hall–Kier alpha value is -2.98. The summed E-state index contributed by atoms with van der Waals surface area (Å²) in [7, 11) is -3.85. The summed E-state index contributed by atoms with van der Waals surface area (Å²) in [5.41, 5.74) is 2.75. The summed E-state index contributed by atoms with van der Waals surface area (Å²) in [6.45, 7) is 2.48. The Kier molecular flexibility index (Phi) is 6.16. The van der Waals surface area contributed by atoms with Crippen molar-refractivity contribution in [2.24, 2.45) is 0 Å². The number of pyridine rings is 1. The Morgan fingerprint density at radius 2 is 1.88 bits per heavy atom. The summed E-state index contributed by atoms with van der Waals surface area (Å²) in [6.07, 6.45) is 8.02. The molecule has 0 spiro atoms. The largest absolute Gasteiger partial charge is 0.481 e. The summed E-state index contributed by atoms with van der Waals surface area (Å²) in [5, 5.41) is 13.8. The van der Waals surface area contributed by atoms with E-state index in [1.54, 1.807) is 47.5 Å². The highest BCUT2D eigenvalue weighted by molar-refractivity contribution is 9.10. The maximum absolute atomic E-state index is 13.4. The average Bonchev–Trinajstić information content (AvgIpc) is 3.36. The molecule has 10 heteroatoms. The van der Waals surface area contributed by atoms with Gasteiger partial charge in [-0.1, -0.05) is 17.7 Å². The quantitative estimate of drug-likeness (QED) is 0.346. The number of benzene rings is 1. The first-order chi connectivity index (χ1) is 15.3. The fraction of sp³-hybridized carbons (Fsp3) is 0.227. The third-order valence-electron chi connectivity index (χ3n) is 5.13. The van der Waals surface area contributed by atoms with Gasteiger partial charge in [0.1, 0.15) is 0 Å². The van der Waals surface area contributed by atoms with Crippen molar-refractivity contribution in [1.29, 1.82) is 0 Å². The zero-order valence-corrected chi connectivity index (χ0v) is 19.7. The lowest BCUT2D eigenvalue weighted by Gasteiger charge is -2.07. The van der Waals surface area contributed by atoms with Crippen molar-refractivity contribution in [2.75, 3.05) is 0 Å². The fourth-order valence-corrected chi connectivity index (χ4v) is 5.12. The van der Waals surface area contributed by atoms with E-state index >= 15 is 0 Å². The lowest BCUT2D eigenvalue weighted by Crippen LogP contribution is -2.12. The molecule has 166 valence electrons. The van der Waals surface area contributed by atoms with Crippen LogP contribution in [-0.4, -0.2) is 38.2 Å². The van der Waals surface area contributed by atoms with Crippen molar-refractivity contribution < 1.29 is 18.3 Å². The molecule has 1 N–H and O–H groups in total. The predicted octanol–water partition coefficient (Wildman–Crippen LogP) is 4.46. The van der Waals surface area contributed by atoms with Crippen LogP contribution < -0.4 is 0 Å². The van der Waals surface area contributed by atoms with E-state index < -0.39 is 16.0 Å². The number of carboxylic acids is 1. The Morgan fingerprint density at radius 3 is 2.59 bits per heavy atom. The van der Waals surface area contributed by atoms with Gasteiger partial charge in [0.25, 0.3) is 10.0 Å². The monoisotopic (exact) mass is 516 g/mol. The van der Waals surface area contributed by atoms with E-state index in [1.165, 1.54) is 3.97 Å². The van der Waals surface area contributed by atoms with Crippen LogP contribution in [0.1, 0.15) is 24.8 Å². The molecule has 0 fully saturated rings. The summed E-state index contributed by atoms with van der Waals surface area (Å²) < 4.78 is 30.4. The molecule has 4 rings (SSSR count). The van der Waals surface area contributed by atoms with Crippen LogP contribution in [0.3, 0.4) is 0 Å². The number of hydrogen-bond donors (Lipinski definition) is 1. The van der Waals surface area contributed by atoms with Gasteiger partial charge in [0.2, 0.25) is 0 Å². The summed E-state index contributed by atoms with van der Waals surface area (Å²) in [5.74, 6) is -0.813. The first-order valence-electron chi connectivity index (χ1n) is 9.99. The molecule has 0 aliphatic rings. The van der Waals surface area contributed by atoms with Crippen molar-refractivity contribution in [1.82, 2.24) is 18.7 Å². The lowest BCUT2D eigenvalue weighted by atomic mass is 10.1. The number of rotatable bonds is 8. The molecule has 3 heterocycles. The van der Waals surface area contributed by atoms with E-state index in [0.29, 0.717) is 36.0 Å². The van der Waals surface area contributed by atoms with Crippen molar-refractivity contribution in [3.8, 4) is 11.1 Å². The maximum Gasteiger partial charge on any atom is 0.303 e. The molecule has 0 aliphatic carbocycles. The molecule has 3 aromatic heterocycles. The van der Waals surface area contributed by atoms with Gasteiger partial charge in [-0.25, -0.2) is 17.4 Å². The molecule has 1 aromatic carbocycles. The standard InChI is InChI=1S/C22H21BrN4O4S/c1-15-5-7-18(8-6-15)32(30,31)27-14-20(19-10-17(23)12-24-22(19)27)16-11-25-26(13-16)9-3-2-4-21(28)29/h5-8,10-14H,2-4,9H2,1H3,(H,28,29). The van der Waals surface area contributed by atoms with Crippen molar-refractivity contribution >= 4 is 43.0 Å². The topological polar surface area (TPSA) is 107 Å². The first-order valence-corrected chi connectivity index (χ1v) is 12.2. The SMILES string of the molecule is Cc1ccc(S(=O)(=O)n2cc(-c3cnn(CCCCC(=O)O)c3)c3cc(Br)cnc32)cc1. The Morgan fingerprint density at radius 1 is 1.12 bits per heavy atom. The van der Waals surface area contributed by atoms with Crippen LogP contribution in [0.5, 0.6) is 0 Å². The van der Waals surface area contributed by atoms with Gasteiger partial charge in [-0.15, -0.1) is 0 Å². The van der Waals surface area contributed by atoms with Gasteiger partial charge in [-0.3, -0.25) is 9.48 Å². The van der Waals surface area contributed by atoms with Crippen molar-refractivity contribution in [3.05, 3.63) is 65.2 Å². The number of unbranched alkanes of at least 4 members (excludes halogenated alkanes) is 1. The fourth-order valence-electron chi connectivity index (χ4n) is 3.47. The van der Waals surface area contributed by atoms with E-state index in [1.807, 2.05) is 19.2 Å². The third-order valence-corrected chi connectivity index (χ3v) is 7.23. The van der Waals surface area contributed by atoms with Gasteiger partial charge in [0.15, 0.2) is 5.65 Å². The number of aromatic nitrogens is 4. The van der Waals surface area contributed by atoms with E-state index in [9.17, 15) is 13.2 Å². The first kappa shape index (κ1) is 22.2. The highest BCUT2D eigenvalue weighted by Gasteiger charge is 2.23. The Balaban J connectivity index is 1.73. The minimum absolute atomic E-state index is 0.123. The van der Waals surface area contributed by atoms with Crippen LogP contribution in [0.2, 0.25) is 0 Å². The zero-order valence-electron chi connectivity index (χ0n) is 17.3. The molecule has 0 unspecified atom stereocenters. The van der Waals surface area contributed by atoms with E-state index in [4.69, 9.17) is 5.11 Å². The molecule has 32 heavy (non-hydrogen) atoms. The second-order valence-electron chi connectivity index (χ2n) is 7.52. The van der Waals surface area contributed by atoms with Crippen LogP contribution in [0, 0.1) is 6.92 Å². The average molecular weight is 517 g/mol. The van der Waals surface area contributed by atoms with Gasteiger partial charge in [0.05, 0.1) is 11.1 Å². The summed E-state index contributed by atoms with van der Waals surface area (Å²) in [4.78, 5) is 15.2. The number of fused-ring (bicyclic) bond motifs is 1. The van der Waals surface area contributed by atoms with E-state index in [2.05, 4.69) is 26.0 Å². The molecular formula is C22H21BrN4O4S. The molecule has 0 amide bonds. The zero-order chi connectivity index (χ0) is 22.9. The number of hydrogen-bond acceptors (Lipinski definition) is 5. The molecule has 0 radical (unpaired) electrons. The van der Waals surface area contributed by atoms with Crippen LogP contribution >= 0.6 is 15.9 Å². The Labute approximate surface area is 193 Å². The molecule has 0 atom stereocenters. The number of nitrogens with zero attached hydrogens (tertiary/aromatic N) is 4. The molecule has 8 nitrogen and oxygen atoms in total. The Bertz CT molecular complexity index is 1390. The number of carbonyl (C=O) groups is 1. The number of aliphatic carboxylic acids is 1. The van der Waals surface area contributed by atoms with Gasteiger partial charge >= 0.3 is 5.97 Å². The molecule has 0 saturated carbocycles. The minimum atomic E-state index is -3.85. The van der Waals surface area contributed by atoms with Crippen LogP contribution in [0.15, 0.2) is 64.5 Å².